The number of rotatable bonds is 3. The number of hydrogen-bond donors (Lipinski definition) is 1. The van der Waals surface area contributed by atoms with E-state index in [4.69, 9.17) is 4.98 Å². The summed E-state index contributed by atoms with van der Waals surface area (Å²) in [6.07, 6.45) is 6.95. The molecule has 1 aromatic heterocycles. The van der Waals surface area contributed by atoms with E-state index < -0.39 is 0 Å². The van der Waals surface area contributed by atoms with E-state index in [9.17, 15) is 0 Å². The van der Waals surface area contributed by atoms with Crippen molar-refractivity contribution in [3.05, 3.63) is 16.1 Å². The van der Waals surface area contributed by atoms with Gasteiger partial charge in [-0.1, -0.05) is 19.3 Å². The summed E-state index contributed by atoms with van der Waals surface area (Å²) in [5.74, 6) is 0.764. The van der Waals surface area contributed by atoms with Gasteiger partial charge < -0.3 is 5.32 Å². The number of nitrogens with one attached hydrogen (secondary N) is 1. The SMILES string of the molecule is Cl.Cl.Cl.c1sc(C2CCCCC2)nc1CN1CCNCC1. The van der Waals surface area contributed by atoms with Crippen LogP contribution < -0.4 is 5.32 Å². The first-order valence-electron chi connectivity index (χ1n) is 7.29. The fraction of sp³-hybridized carbons (Fsp3) is 0.786. The molecule has 0 bridgehead atoms. The van der Waals surface area contributed by atoms with Crippen LogP contribution >= 0.6 is 48.6 Å². The van der Waals surface area contributed by atoms with Gasteiger partial charge >= 0.3 is 0 Å². The topological polar surface area (TPSA) is 28.2 Å². The van der Waals surface area contributed by atoms with Crippen LogP contribution in [0, 0.1) is 0 Å². The van der Waals surface area contributed by atoms with E-state index in [1.807, 2.05) is 11.3 Å². The Morgan fingerprint density at radius 3 is 2.43 bits per heavy atom. The van der Waals surface area contributed by atoms with Crippen LogP contribution in [0.3, 0.4) is 0 Å². The predicted molar refractivity (Wildman–Crippen MR) is 97.8 cm³/mol. The fourth-order valence-corrected chi connectivity index (χ4v) is 4.01. The van der Waals surface area contributed by atoms with Crippen molar-refractivity contribution < 1.29 is 0 Å². The predicted octanol–water partition coefficient (Wildman–Crippen LogP) is 3.86. The maximum absolute atomic E-state index is 4.88. The molecule has 7 heteroatoms. The Balaban J connectivity index is 0.00000133. The van der Waals surface area contributed by atoms with Gasteiger partial charge in [0.15, 0.2) is 0 Å². The van der Waals surface area contributed by atoms with Crippen LogP contribution in [0.5, 0.6) is 0 Å². The maximum Gasteiger partial charge on any atom is 0.0959 e. The summed E-state index contributed by atoms with van der Waals surface area (Å²) in [4.78, 5) is 7.39. The zero-order valence-electron chi connectivity index (χ0n) is 12.3. The van der Waals surface area contributed by atoms with Crippen molar-refractivity contribution in [1.82, 2.24) is 15.2 Å². The van der Waals surface area contributed by atoms with Crippen LogP contribution in [0.25, 0.3) is 0 Å². The van der Waals surface area contributed by atoms with E-state index in [1.165, 1.54) is 42.8 Å². The molecular weight excluding hydrogens is 349 g/mol. The first-order valence-corrected chi connectivity index (χ1v) is 8.17. The molecule has 0 amide bonds. The lowest BCUT2D eigenvalue weighted by Gasteiger charge is -2.26. The molecule has 3 rings (SSSR count). The lowest BCUT2D eigenvalue weighted by molar-refractivity contribution is 0.231. The molecule has 2 aliphatic rings. The molecule has 0 aromatic carbocycles. The molecule has 1 saturated heterocycles. The van der Waals surface area contributed by atoms with Gasteiger partial charge in [-0.15, -0.1) is 48.6 Å². The molecule has 0 atom stereocenters. The molecule has 0 unspecified atom stereocenters. The molecule has 124 valence electrons. The Hall–Kier alpha value is 0.420. The number of thiazole rings is 1. The van der Waals surface area contributed by atoms with Gasteiger partial charge in [0, 0.05) is 44.0 Å². The van der Waals surface area contributed by atoms with E-state index in [2.05, 4.69) is 15.6 Å². The molecule has 2 heterocycles. The van der Waals surface area contributed by atoms with Gasteiger partial charge in [-0.3, -0.25) is 4.90 Å². The third-order valence-electron chi connectivity index (χ3n) is 4.12. The average molecular weight is 375 g/mol. The summed E-state index contributed by atoms with van der Waals surface area (Å²) in [5.41, 5.74) is 1.29. The van der Waals surface area contributed by atoms with Crippen molar-refractivity contribution in [3.8, 4) is 0 Å². The van der Waals surface area contributed by atoms with Gasteiger partial charge in [0.1, 0.15) is 0 Å². The normalized spacial score (nSPS) is 20.0. The monoisotopic (exact) mass is 373 g/mol. The summed E-state index contributed by atoms with van der Waals surface area (Å²) >= 11 is 1.89. The Morgan fingerprint density at radius 1 is 1.10 bits per heavy atom. The van der Waals surface area contributed by atoms with Gasteiger partial charge in [0.2, 0.25) is 0 Å². The van der Waals surface area contributed by atoms with Gasteiger partial charge in [0.05, 0.1) is 10.7 Å². The van der Waals surface area contributed by atoms with Crippen LogP contribution in [-0.2, 0) is 6.54 Å². The zero-order chi connectivity index (χ0) is 12.2. The first-order chi connectivity index (χ1) is 8.92. The lowest BCUT2D eigenvalue weighted by atomic mass is 9.90. The molecule has 1 aromatic rings. The van der Waals surface area contributed by atoms with Gasteiger partial charge in [0.25, 0.3) is 0 Å². The molecule has 21 heavy (non-hydrogen) atoms. The largest absolute Gasteiger partial charge is 0.314 e. The molecule has 1 N–H and O–H groups in total. The van der Waals surface area contributed by atoms with Crippen LogP contribution in [0.2, 0.25) is 0 Å². The standard InChI is InChI=1S/C14H23N3S.3ClH/c1-2-4-12(5-3-1)14-16-13(11-18-14)10-17-8-6-15-7-9-17;;;/h11-12,15H,1-10H2;3*1H. The zero-order valence-corrected chi connectivity index (χ0v) is 15.5. The number of hydrogen-bond acceptors (Lipinski definition) is 4. The summed E-state index contributed by atoms with van der Waals surface area (Å²) < 4.78 is 0. The second kappa shape index (κ2) is 11.0. The first kappa shape index (κ1) is 21.4. The minimum absolute atomic E-state index is 0. The van der Waals surface area contributed by atoms with Crippen molar-refractivity contribution in [2.45, 2.75) is 44.6 Å². The minimum atomic E-state index is 0. The number of nitrogens with zero attached hydrogens (tertiary/aromatic N) is 2. The van der Waals surface area contributed by atoms with Gasteiger partial charge in [-0.05, 0) is 12.8 Å². The van der Waals surface area contributed by atoms with Crippen LogP contribution in [0.4, 0.5) is 0 Å². The van der Waals surface area contributed by atoms with Crippen molar-refractivity contribution in [2.24, 2.45) is 0 Å². The average Bonchev–Trinajstić information content (AvgIpc) is 2.89. The van der Waals surface area contributed by atoms with E-state index >= 15 is 0 Å². The Morgan fingerprint density at radius 2 is 1.76 bits per heavy atom. The molecule has 3 nitrogen and oxygen atoms in total. The lowest BCUT2D eigenvalue weighted by Crippen LogP contribution is -2.42. The summed E-state index contributed by atoms with van der Waals surface area (Å²) in [5, 5.41) is 7.08. The molecule has 0 spiro atoms. The molecule has 1 saturated carbocycles. The Kier molecular flexibility index (Phi) is 11.3. The van der Waals surface area contributed by atoms with E-state index in [1.54, 1.807) is 0 Å². The third-order valence-corrected chi connectivity index (χ3v) is 5.18. The van der Waals surface area contributed by atoms with Gasteiger partial charge in [-0.25, -0.2) is 4.98 Å². The number of halogens is 3. The Labute approximate surface area is 150 Å². The maximum atomic E-state index is 4.88. The summed E-state index contributed by atoms with van der Waals surface area (Å²) in [6.45, 7) is 5.62. The second-order valence-electron chi connectivity index (χ2n) is 5.54. The van der Waals surface area contributed by atoms with E-state index in [0.29, 0.717) is 0 Å². The van der Waals surface area contributed by atoms with Crippen LogP contribution in [-0.4, -0.2) is 36.1 Å². The van der Waals surface area contributed by atoms with E-state index in [0.717, 1.165) is 38.6 Å². The molecule has 1 aliphatic heterocycles. The van der Waals surface area contributed by atoms with Crippen molar-refractivity contribution in [3.63, 3.8) is 0 Å². The van der Waals surface area contributed by atoms with E-state index in [-0.39, 0.29) is 37.2 Å². The second-order valence-corrected chi connectivity index (χ2v) is 6.43. The number of piperazine rings is 1. The quantitative estimate of drug-likeness (QED) is 0.870. The van der Waals surface area contributed by atoms with Crippen LogP contribution in [0.1, 0.15) is 48.7 Å². The molecule has 1 aliphatic carbocycles. The van der Waals surface area contributed by atoms with Crippen LogP contribution in [0.15, 0.2) is 5.38 Å². The molecular formula is C14H26Cl3N3S. The highest BCUT2D eigenvalue weighted by atomic mass is 35.5. The third kappa shape index (κ3) is 6.20. The Bertz CT molecular complexity index is 377. The smallest absolute Gasteiger partial charge is 0.0959 e. The van der Waals surface area contributed by atoms with Crippen molar-refractivity contribution in [1.29, 1.82) is 0 Å². The highest BCUT2D eigenvalue weighted by molar-refractivity contribution is 7.09. The highest BCUT2D eigenvalue weighted by Crippen LogP contribution is 2.34. The van der Waals surface area contributed by atoms with Gasteiger partial charge in [-0.2, -0.15) is 0 Å². The van der Waals surface area contributed by atoms with Crippen molar-refractivity contribution >= 4 is 48.6 Å². The fourth-order valence-electron chi connectivity index (χ4n) is 3.03. The number of aromatic nitrogens is 1. The molecule has 2 fully saturated rings. The highest BCUT2D eigenvalue weighted by Gasteiger charge is 2.19. The molecule has 0 radical (unpaired) electrons. The van der Waals surface area contributed by atoms with Crippen molar-refractivity contribution in [2.75, 3.05) is 26.2 Å². The summed E-state index contributed by atoms with van der Waals surface area (Å²) in [6, 6.07) is 0. The summed E-state index contributed by atoms with van der Waals surface area (Å²) in [7, 11) is 0. The minimum Gasteiger partial charge on any atom is -0.314 e.